The largest absolute Gasteiger partial charge is 0.497 e. The summed E-state index contributed by atoms with van der Waals surface area (Å²) in [4.78, 5) is 15.7. The molecule has 20 heavy (non-hydrogen) atoms. The number of hydrogen-bond acceptors (Lipinski definition) is 2. The lowest BCUT2D eigenvalue weighted by atomic mass is 10.0. The summed E-state index contributed by atoms with van der Waals surface area (Å²) >= 11 is 3.37. The number of ketones is 1. The van der Waals surface area contributed by atoms with Gasteiger partial charge in [-0.25, -0.2) is 0 Å². The van der Waals surface area contributed by atoms with E-state index >= 15 is 0 Å². The zero-order valence-corrected chi connectivity index (χ0v) is 12.4. The van der Waals surface area contributed by atoms with Gasteiger partial charge in [0.15, 0.2) is 5.78 Å². The van der Waals surface area contributed by atoms with E-state index in [0.717, 1.165) is 21.1 Å². The molecule has 0 aliphatic heterocycles. The highest BCUT2D eigenvalue weighted by atomic mass is 79.9. The fraction of sp³-hybridized carbons (Fsp3) is 0.0625. The number of fused-ring (bicyclic) bond motifs is 1. The van der Waals surface area contributed by atoms with Crippen molar-refractivity contribution < 1.29 is 9.53 Å². The first-order chi connectivity index (χ1) is 9.69. The predicted molar refractivity (Wildman–Crippen MR) is 82.4 cm³/mol. The molecular weight excluding hydrogens is 318 g/mol. The maximum absolute atomic E-state index is 12.6. The molecule has 1 N–H and O–H groups in total. The molecule has 0 saturated heterocycles. The number of methoxy groups -OCH3 is 1. The van der Waals surface area contributed by atoms with E-state index in [2.05, 4.69) is 20.9 Å². The first-order valence-corrected chi connectivity index (χ1v) is 6.94. The summed E-state index contributed by atoms with van der Waals surface area (Å²) in [6.45, 7) is 0. The zero-order chi connectivity index (χ0) is 14.1. The molecule has 0 bridgehead atoms. The lowest BCUT2D eigenvalue weighted by molar-refractivity contribution is 0.104. The summed E-state index contributed by atoms with van der Waals surface area (Å²) in [5, 5.41) is 0.872. The molecule has 0 spiro atoms. The Bertz CT molecular complexity index is 775. The number of carbonyl (C=O) groups is 1. The van der Waals surface area contributed by atoms with Crippen LogP contribution in [-0.4, -0.2) is 17.9 Å². The van der Waals surface area contributed by atoms with Crippen molar-refractivity contribution in [2.24, 2.45) is 0 Å². The Morgan fingerprint density at radius 1 is 1.15 bits per heavy atom. The fourth-order valence-electron chi connectivity index (χ4n) is 2.17. The first-order valence-electron chi connectivity index (χ1n) is 6.14. The number of halogens is 1. The summed E-state index contributed by atoms with van der Waals surface area (Å²) in [7, 11) is 1.62. The van der Waals surface area contributed by atoms with Crippen LogP contribution in [0.25, 0.3) is 10.9 Å². The van der Waals surface area contributed by atoms with Crippen LogP contribution in [0.3, 0.4) is 0 Å². The van der Waals surface area contributed by atoms with E-state index < -0.39 is 0 Å². The van der Waals surface area contributed by atoms with Crippen LogP contribution in [-0.2, 0) is 0 Å². The van der Waals surface area contributed by atoms with Crippen LogP contribution < -0.4 is 4.74 Å². The Hall–Kier alpha value is -2.07. The molecule has 2 aromatic carbocycles. The molecule has 0 aliphatic carbocycles. The molecule has 0 unspecified atom stereocenters. The van der Waals surface area contributed by atoms with Crippen molar-refractivity contribution in [3.05, 3.63) is 64.3 Å². The Morgan fingerprint density at radius 3 is 2.60 bits per heavy atom. The van der Waals surface area contributed by atoms with E-state index in [-0.39, 0.29) is 5.78 Å². The van der Waals surface area contributed by atoms with Crippen molar-refractivity contribution in [1.29, 1.82) is 0 Å². The van der Waals surface area contributed by atoms with E-state index in [4.69, 9.17) is 4.74 Å². The number of aromatic nitrogens is 1. The third-order valence-corrected chi connectivity index (χ3v) is 3.77. The number of carbonyl (C=O) groups excluding carboxylic acids is 1. The van der Waals surface area contributed by atoms with Gasteiger partial charge in [0.25, 0.3) is 0 Å². The number of hydrogen-bond donors (Lipinski definition) is 1. The molecule has 3 nitrogen and oxygen atoms in total. The van der Waals surface area contributed by atoms with Gasteiger partial charge in [-0.2, -0.15) is 0 Å². The maximum Gasteiger partial charge on any atom is 0.195 e. The average molecular weight is 330 g/mol. The second kappa shape index (κ2) is 5.13. The number of rotatable bonds is 3. The molecule has 3 aromatic rings. The van der Waals surface area contributed by atoms with Crippen molar-refractivity contribution in [3.63, 3.8) is 0 Å². The molecule has 100 valence electrons. The second-order valence-corrected chi connectivity index (χ2v) is 5.37. The van der Waals surface area contributed by atoms with Crippen molar-refractivity contribution in [2.75, 3.05) is 7.11 Å². The van der Waals surface area contributed by atoms with Crippen LogP contribution >= 0.6 is 15.9 Å². The highest BCUT2D eigenvalue weighted by molar-refractivity contribution is 9.10. The Balaban J connectivity index is 2.09. The van der Waals surface area contributed by atoms with Crippen LogP contribution in [0.4, 0.5) is 0 Å². The average Bonchev–Trinajstić information content (AvgIpc) is 2.90. The molecule has 0 saturated carbocycles. The normalized spacial score (nSPS) is 10.7. The van der Waals surface area contributed by atoms with Crippen molar-refractivity contribution in [3.8, 4) is 5.75 Å². The number of ether oxygens (including phenoxy) is 1. The topological polar surface area (TPSA) is 42.1 Å². The Labute approximate surface area is 124 Å². The van der Waals surface area contributed by atoms with Crippen molar-refractivity contribution in [1.82, 2.24) is 4.98 Å². The third kappa shape index (κ3) is 2.23. The van der Waals surface area contributed by atoms with Crippen LogP contribution in [0.2, 0.25) is 0 Å². The highest BCUT2D eigenvalue weighted by Crippen LogP contribution is 2.25. The summed E-state index contributed by atoms with van der Waals surface area (Å²) in [5.41, 5.74) is 2.24. The number of H-pyrrole nitrogens is 1. The zero-order valence-electron chi connectivity index (χ0n) is 10.8. The second-order valence-electron chi connectivity index (χ2n) is 4.45. The summed E-state index contributed by atoms with van der Waals surface area (Å²) < 4.78 is 6.17. The molecule has 1 aromatic heterocycles. The Kier molecular flexibility index (Phi) is 3.32. The molecule has 1 heterocycles. The lowest BCUT2D eigenvalue weighted by Gasteiger charge is -2.02. The van der Waals surface area contributed by atoms with Gasteiger partial charge in [-0.3, -0.25) is 4.79 Å². The van der Waals surface area contributed by atoms with E-state index in [0.29, 0.717) is 11.1 Å². The van der Waals surface area contributed by atoms with Crippen LogP contribution in [0.15, 0.2) is 53.1 Å². The van der Waals surface area contributed by atoms with Crippen LogP contribution in [0, 0.1) is 0 Å². The fourth-order valence-corrected chi connectivity index (χ4v) is 2.44. The minimum atomic E-state index is -0.00277. The molecule has 0 aliphatic rings. The lowest BCUT2D eigenvalue weighted by Crippen LogP contribution is -1.99. The van der Waals surface area contributed by atoms with Gasteiger partial charge in [0.2, 0.25) is 0 Å². The van der Waals surface area contributed by atoms with Gasteiger partial charge in [-0.1, -0.05) is 15.9 Å². The van der Waals surface area contributed by atoms with E-state index in [9.17, 15) is 4.79 Å². The first kappa shape index (κ1) is 12.9. The van der Waals surface area contributed by atoms with Gasteiger partial charge < -0.3 is 9.72 Å². The molecule has 0 radical (unpaired) electrons. The third-order valence-electron chi connectivity index (χ3n) is 3.24. The summed E-state index contributed by atoms with van der Waals surface area (Å²) in [6, 6.07) is 13.0. The van der Waals surface area contributed by atoms with Gasteiger partial charge in [-0.15, -0.1) is 0 Å². The summed E-state index contributed by atoms with van der Waals surface area (Å²) in [6.07, 6.45) is 1.74. The smallest absolute Gasteiger partial charge is 0.195 e. The number of aromatic amines is 1. The van der Waals surface area contributed by atoms with Crippen LogP contribution in [0.5, 0.6) is 5.75 Å². The molecule has 0 atom stereocenters. The summed E-state index contributed by atoms with van der Waals surface area (Å²) in [5.74, 6) is 0.735. The van der Waals surface area contributed by atoms with Crippen LogP contribution in [0.1, 0.15) is 15.9 Å². The monoisotopic (exact) mass is 329 g/mol. The van der Waals surface area contributed by atoms with Gasteiger partial charge in [0.05, 0.1) is 7.11 Å². The van der Waals surface area contributed by atoms with Crippen molar-refractivity contribution >= 4 is 32.6 Å². The van der Waals surface area contributed by atoms with Gasteiger partial charge >= 0.3 is 0 Å². The molecular formula is C16H12BrNO2. The number of nitrogens with one attached hydrogen (secondary N) is 1. The van der Waals surface area contributed by atoms with Gasteiger partial charge in [0.1, 0.15) is 5.75 Å². The van der Waals surface area contributed by atoms with E-state index in [1.807, 2.05) is 42.5 Å². The molecule has 0 fully saturated rings. The minimum Gasteiger partial charge on any atom is -0.497 e. The van der Waals surface area contributed by atoms with Gasteiger partial charge in [0, 0.05) is 32.7 Å². The standard InChI is InChI=1S/C16H12BrNO2/c1-20-12-6-7-15-13(8-12)14(9-18-15)16(19)10-2-4-11(17)5-3-10/h2-9,18H,1H3. The van der Waals surface area contributed by atoms with Gasteiger partial charge in [-0.05, 0) is 42.5 Å². The Morgan fingerprint density at radius 2 is 1.90 bits per heavy atom. The SMILES string of the molecule is COc1ccc2[nH]cc(C(=O)c3ccc(Br)cc3)c2c1. The van der Waals surface area contributed by atoms with E-state index in [1.54, 1.807) is 13.3 Å². The quantitative estimate of drug-likeness (QED) is 0.733. The number of benzene rings is 2. The minimum absolute atomic E-state index is 0.00277. The maximum atomic E-state index is 12.6. The predicted octanol–water partition coefficient (Wildman–Crippen LogP) is 4.17. The molecule has 0 amide bonds. The van der Waals surface area contributed by atoms with E-state index in [1.165, 1.54) is 0 Å². The highest BCUT2D eigenvalue weighted by Gasteiger charge is 2.14. The van der Waals surface area contributed by atoms with Crippen molar-refractivity contribution in [2.45, 2.75) is 0 Å². The molecule has 4 heteroatoms. The molecule has 3 rings (SSSR count).